The van der Waals surface area contributed by atoms with Crippen LogP contribution in [0.1, 0.15) is 24.2 Å². The van der Waals surface area contributed by atoms with Crippen molar-refractivity contribution < 1.29 is 14.4 Å². The zero-order valence-electron chi connectivity index (χ0n) is 15.8. The lowest BCUT2D eigenvalue weighted by Crippen LogP contribution is -2.48. The molecule has 2 aromatic rings. The number of aromatic nitrogens is 2. The molecule has 3 rings (SSSR count). The molecule has 146 valence electrons. The zero-order chi connectivity index (χ0) is 20.1. The first-order valence-corrected chi connectivity index (χ1v) is 8.94. The van der Waals surface area contributed by atoms with Crippen molar-refractivity contribution >= 4 is 35.0 Å². The third-order valence-corrected chi connectivity index (χ3v) is 4.37. The van der Waals surface area contributed by atoms with Crippen LogP contribution in [0.2, 0.25) is 0 Å². The quantitative estimate of drug-likeness (QED) is 0.827. The summed E-state index contributed by atoms with van der Waals surface area (Å²) in [6.45, 7) is 5.58. The number of hydrogen-bond acceptors (Lipinski definition) is 6. The number of anilines is 3. The number of carbonyl (C=O) groups excluding carboxylic acids is 3. The van der Waals surface area contributed by atoms with E-state index in [1.165, 1.54) is 19.3 Å². The summed E-state index contributed by atoms with van der Waals surface area (Å²) in [5.74, 6) is 0.133. The number of rotatable bonds is 4. The second kappa shape index (κ2) is 8.47. The van der Waals surface area contributed by atoms with Gasteiger partial charge in [0.25, 0.3) is 5.91 Å². The molecular formula is C19H22N6O3. The zero-order valence-corrected chi connectivity index (χ0v) is 15.8. The molecular weight excluding hydrogens is 360 g/mol. The number of carbonyl (C=O) groups is 3. The second-order valence-electron chi connectivity index (χ2n) is 6.48. The third kappa shape index (κ3) is 4.81. The molecule has 2 heterocycles. The molecule has 0 saturated carbocycles. The number of piperazine rings is 1. The molecule has 2 N–H and O–H groups in total. The number of amides is 3. The third-order valence-electron chi connectivity index (χ3n) is 4.37. The molecule has 1 aromatic heterocycles. The van der Waals surface area contributed by atoms with Crippen LogP contribution < -0.4 is 15.5 Å². The summed E-state index contributed by atoms with van der Waals surface area (Å²) >= 11 is 0. The molecule has 0 radical (unpaired) electrons. The summed E-state index contributed by atoms with van der Waals surface area (Å²) in [6.07, 6.45) is 2.97. The first-order chi connectivity index (χ1) is 13.4. The molecule has 28 heavy (non-hydrogen) atoms. The fourth-order valence-corrected chi connectivity index (χ4v) is 2.87. The van der Waals surface area contributed by atoms with Gasteiger partial charge in [0.05, 0.1) is 5.56 Å². The molecule has 1 aromatic carbocycles. The van der Waals surface area contributed by atoms with E-state index in [9.17, 15) is 14.4 Å². The van der Waals surface area contributed by atoms with Gasteiger partial charge in [-0.15, -0.1) is 0 Å². The van der Waals surface area contributed by atoms with Crippen molar-refractivity contribution in [2.24, 2.45) is 0 Å². The molecule has 0 aliphatic carbocycles. The molecule has 0 bridgehead atoms. The van der Waals surface area contributed by atoms with Crippen LogP contribution in [-0.4, -0.2) is 58.8 Å². The molecule has 1 aliphatic heterocycles. The molecule has 9 nitrogen and oxygen atoms in total. The number of nitrogens with one attached hydrogen (secondary N) is 2. The maximum absolute atomic E-state index is 12.4. The number of benzene rings is 1. The van der Waals surface area contributed by atoms with E-state index in [-0.39, 0.29) is 17.7 Å². The van der Waals surface area contributed by atoms with Crippen LogP contribution in [0.3, 0.4) is 0 Å². The molecule has 0 atom stereocenters. The Kier molecular flexibility index (Phi) is 5.83. The van der Waals surface area contributed by atoms with Gasteiger partial charge in [0.1, 0.15) is 0 Å². The Balaban J connectivity index is 1.58. The fourth-order valence-electron chi connectivity index (χ4n) is 2.87. The lowest BCUT2D eigenvalue weighted by molar-refractivity contribution is -0.129. The highest BCUT2D eigenvalue weighted by atomic mass is 16.2. The maximum atomic E-state index is 12.4. The first kappa shape index (κ1) is 19.3. The smallest absolute Gasteiger partial charge is 0.258 e. The molecule has 1 saturated heterocycles. The molecule has 1 aliphatic rings. The van der Waals surface area contributed by atoms with Gasteiger partial charge >= 0.3 is 0 Å². The van der Waals surface area contributed by atoms with E-state index < -0.39 is 0 Å². The Morgan fingerprint density at radius 1 is 0.857 bits per heavy atom. The van der Waals surface area contributed by atoms with Crippen LogP contribution in [0.15, 0.2) is 36.7 Å². The summed E-state index contributed by atoms with van der Waals surface area (Å²) in [5, 5.41) is 5.43. The highest BCUT2D eigenvalue weighted by Gasteiger charge is 2.20. The van der Waals surface area contributed by atoms with Crippen molar-refractivity contribution in [1.29, 1.82) is 0 Å². The Morgan fingerprint density at radius 2 is 1.39 bits per heavy atom. The lowest BCUT2D eigenvalue weighted by atomic mass is 10.2. The molecule has 0 spiro atoms. The van der Waals surface area contributed by atoms with Gasteiger partial charge in [-0.05, 0) is 24.3 Å². The van der Waals surface area contributed by atoms with Crippen LogP contribution in [0, 0.1) is 0 Å². The summed E-state index contributed by atoms with van der Waals surface area (Å²) < 4.78 is 0. The van der Waals surface area contributed by atoms with Crippen molar-refractivity contribution in [3.63, 3.8) is 0 Å². The predicted octanol–water partition coefficient (Wildman–Crippen LogP) is 1.36. The predicted molar refractivity (Wildman–Crippen MR) is 105 cm³/mol. The highest BCUT2D eigenvalue weighted by Crippen LogP contribution is 2.15. The van der Waals surface area contributed by atoms with Crippen LogP contribution in [0.5, 0.6) is 0 Å². The SMILES string of the molecule is CC(=O)Nc1ccc(NC(=O)c2cnc(N3CCN(C(C)=O)CC3)nc2)cc1. The minimum absolute atomic E-state index is 0.0673. The monoisotopic (exact) mass is 382 g/mol. The van der Waals surface area contributed by atoms with Gasteiger partial charge in [0.15, 0.2) is 0 Å². The van der Waals surface area contributed by atoms with Gasteiger partial charge in [0, 0.05) is 63.8 Å². The van der Waals surface area contributed by atoms with E-state index in [4.69, 9.17) is 0 Å². The standard InChI is InChI=1S/C19H22N6O3/c1-13(26)22-16-3-5-17(6-4-16)23-18(28)15-11-20-19(21-12-15)25-9-7-24(8-10-25)14(2)27/h3-6,11-12H,7-10H2,1-2H3,(H,22,26)(H,23,28). The highest BCUT2D eigenvalue weighted by molar-refractivity contribution is 6.04. The van der Waals surface area contributed by atoms with E-state index in [1.807, 2.05) is 4.90 Å². The minimum Gasteiger partial charge on any atom is -0.339 e. The largest absolute Gasteiger partial charge is 0.339 e. The minimum atomic E-state index is -0.319. The Hall–Kier alpha value is -3.49. The van der Waals surface area contributed by atoms with E-state index in [2.05, 4.69) is 20.6 Å². The van der Waals surface area contributed by atoms with Crippen molar-refractivity contribution in [1.82, 2.24) is 14.9 Å². The second-order valence-corrected chi connectivity index (χ2v) is 6.48. The summed E-state index contributed by atoms with van der Waals surface area (Å²) in [6, 6.07) is 6.81. The van der Waals surface area contributed by atoms with Crippen LogP contribution in [0.4, 0.5) is 17.3 Å². The first-order valence-electron chi connectivity index (χ1n) is 8.94. The van der Waals surface area contributed by atoms with Crippen LogP contribution in [0.25, 0.3) is 0 Å². The van der Waals surface area contributed by atoms with Crippen molar-refractivity contribution in [3.05, 3.63) is 42.2 Å². The topological polar surface area (TPSA) is 108 Å². The number of hydrogen-bond donors (Lipinski definition) is 2. The van der Waals surface area contributed by atoms with E-state index >= 15 is 0 Å². The van der Waals surface area contributed by atoms with Crippen molar-refractivity contribution in [2.75, 3.05) is 41.7 Å². The van der Waals surface area contributed by atoms with Gasteiger partial charge in [-0.25, -0.2) is 9.97 Å². The Labute approximate surface area is 162 Å². The van der Waals surface area contributed by atoms with E-state index in [0.717, 1.165) is 0 Å². The molecule has 3 amide bonds. The van der Waals surface area contributed by atoms with Gasteiger partial charge in [-0.1, -0.05) is 0 Å². The summed E-state index contributed by atoms with van der Waals surface area (Å²) in [4.78, 5) is 47.1. The van der Waals surface area contributed by atoms with Crippen molar-refractivity contribution in [2.45, 2.75) is 13.8 Å². The fraction of sp³-hybridized carbons (Fsp3) is 0.316. The van der Waals surface area contributed by atoms with Gasteiger partial charge in [0.2, 0.25) is 17.8 Å². The van der Waals surface area contributed by atoms with Crippen molar-refractivity contribution in [3.8, 4) is 0 Å². The average Bonchev–Trinajstić information content (AvgIpc) is 2.69. The normalized spacial score (nSPS) is 13.8. The van der Waals surface area contributed by atoms with Gasteiger partial charge < -0.3 is 20.4 Å². The van der Waals surface area contributed by atoms with Gasteiger partial charge in [-0.3, -0.25) is 14.4 Å². The molecule has 0 unspecified atom stereocenters. The summed E-state index contributed by atoms with van der Waals surface area (Å²) in [5.41, 5.74) is 1.60. The van der Waals surface area contributed by atoms with Crippen LogP contribution >= 0.6 is 0 Å². The Morgan fingerprint density at radius 3 is 1.89 bits per heavy atom. The summed E-state index contributed by atoms with van der Waals surface area (Å²) in [7, 11) is 0. The van der Waals surface area contributed by atoms with E-state index in [1.54, 1.807) is 36.1 Å². The lowest BCUT2D eigenvalue weighted by Gasteiger charge is -2.34. The van der Waals surface area contributed by atoms with Crippen LogP contribution in [-0.2, 0) is 9.59 Å². The van der Waals surface area contributed by atoms with Gasteiger partial charge in [-0.2, -0.15) is 0 Å². The molecule has 9 heteroatoms. The molecule has 1 fully saturated rings. The van der Waals surface area contributed by atoms with E-state index in [0.29, 0.717) is 49.1 Å². The maximum Gasteiger partial charge on any atom is 0.258 e. The Bertz CT molecular complexity index is 858. The number of nitrogens with zero attached hydrogens (tertiary/aromatic N) is 4. The average molecular weight is 382 g/mol.